The van der Waals surface area contributed by atoms with Crippen LogP contribution in [0, 0.1) is 11.8 Å². The fraction of sp³-hybridized carbons (Fsp3) is 1.00. The fourth-order valence-electron chi connectivity index (χ4n) is 2.43. The molecule has 0 radical (unpaired) electrons. The SMILES string of the molecule is CC1CC2C[C@H]1CN2C. The summed E-state index contributed by atoms with van der Waals surface area (Å²) in [6.45, 7) is 3.77. The molecular formula is C8H15N. The quantitative estimate of drug-likeness (QED) is 0.472. The van der Waals surface area contributed by atoms with E-state index < -0.39 is 0 Å². The van der Waals surface area contributed by atoms with Gasteiger partial charge in [-0.15, -0.1) is 0 Å². The van der Waals surface area contributed by atoms with Crippen LogP contribution in [0.15, 0.2) is 0 Å². The molecule has 0 aromatic rings. The van der Waals surface area contributed by atoms with E-state index in [2.05, 4.69) is 18.9 Å². The molecule has 1 heterocycles. The number of hydrogen-bond donors (Lipinski definition) is 0. The second kappa shape index (κ2) is 1.72. The number of rotatable bonds is 0. The molecule has 2 bridgehead atoms. The standard InChI is InChI=1S/C8H15N/c1-6-3-8-4-7(6)5-9(8)2/h6-8H,3-5H2,1-2H3/t6?,7-,8?/m0/s1. The number of likely N-dealkylation sites (tertiary alicyclic amines) is 1. The molecule has 1 aliphatic heterocycles. The van der Waals surface area contributed by atoms with Gasteiger partial charge in [0.2, 0.25) is 0 Å². The third kappa shape index (κ3) is 0.710. The van der Waals surface area contributed by atoms with E-state index in [1.165, 1.54) is 19.4 Å². The van der Waals surface area contributed by atoms with Crippen LogP contribution in [0.1, 0.15) is 19.8 Å². The molecule has 0 aromatic carbocycles. The molecule has 0 spiro atoms. The van der Waals surface area contributed by atoms with Crippen LogP contribution in [-0.2, 0) is 0 Å². The Balaban J connectivity index is 2.10. The Morgan fingerprint density at radius 2 is 2.11 bits per heavy atom. The molecule has 2 rings (SSSR count). The predicted octanol–water partition coefficient (Wildman–Crippen LogP) is 1.35. The summed E-state index contributed by atoms with van der Waals surface area (Å²) in [5.74, 6) is 2.06. The van der Waals surface area contributed by atoms with Crippen molar-refractivity contribution in [3.63, 3.8) is 0 Å². The summed E-state index contributed by atoms with van der Waals surface area (Å²) in [6.07, 6.45) is 2.94. The molecule has 1 nitrogen and oxygen atoms in total. The van der Waals surface area contributed by atoms with Gasteiger partial charge in [0.15, 0.2) is 0 Å². The number of hydrogen-bond acceptors (Lipinski definition) is 1. The molecule has 1 saturated heterocycles. The van der Waals surface area contributed by atoms with E-state index in [-0.39, 0.29) is 0 Å². The van der Waals surface area contributed by atoms with Crippen LogP contribution in [0.5, 0.6) is 0 Å². The minimum atomic E-state index is 0.949. The summed E-state index contributed by atoms with van der Waals surface area (Å²) in [4.78, 5) is 2.52. The van der Waals surface area contributed by atoms with E-state index in [1.54, 1.807) is 0 Å². The summed E-state index contributed by atoms with van der Waals surface area (Å²) in [5.41, 5.74) is 0. The van der Waals surface area contributed by atoms with E-state index in [0.29, 0.717) is 0 Å². The molecule has 3 atom stereocenters. The maximum atomic E-state index is 2.52. The molecule has 1 heteroatoms. The monoisotopic (exact) mass is 125 g/mol. The zero-order chi connectivity index (χ0) is 6.43. The molecule has 9 heavy (non-hydrogen) atoms. The molecule has 2 aliphatic rings. The van der Waals surface area contributed by atoms with Crippen LogP contribution in [0.4, 0.5) is 0 Å². The number of piperidine rings is 1. The molecule has 2 unspecified atom stereocenters. The van der Waals surface area contributed by atoms with E-state index in [9.17, 15) is 0 Å². The molecule has 0 N–H and O–H groups in total. The highest BCUT2D eigenvalue weighted by atomic mass is 15.2. The Bertz CT molecular complexity index is 104. The molecule has 1 aliphatic carbocycles. The first-order valence-corrected chi connectivity index (χ1v) is 3.97. The van der Waals surface area contributed by atoms with Gasteiger partial charge in [0.05, 0.1) is 0 Å². The van der Waals surface area contributed by atoms with Gasteiger partial charge < -0.3 is 4.90 Å². The van der Waals surface area contributed by atoms with Gasteiger partial charge in [-0.25, -0.2) is 0 Å². The Morgan fingerprint density at radius 3 is 2.44 bits per heavy atom. The van der Waals surface area contributed by atoms with Crippen molar-refractivity contribution in [2.45, 2.75) is 25.8 Å². The highest BCUT2D eigenvalue weighted by Crippen LogP contribution is 2.40. The first-order chi connectivity index (χ1) is 4.27. The predicted molar refractivity (Wildman–Crippen MR) is 38.3 cm³/mol. The fourth-order valence-corrected chi connectivity index (χ4v) is 2.43. The van der Waals surface area contributed by atoms with E-state index in [1.807, 2.05) is 0 Å². The normalized spacial score (nSPS) is 50.7. The topological polar surface area (TPSA) is 3.24 Å². The van der Waals surface area contributed by atoms with Crippen molar-refractivity contribution in [3.05, 3.63) is 0 Å². The van der Waals surface area contributed by atoms with Crippen LogP contribution in [-0.4, -0.2) is 24.5 Å². The Kier molecular flexibility index (Phi) is 1.10. The van der Waals surface area contributed by atoms with Crippen LogP contribution in [0.3, 0.4) is 0 Å². The van der Waals surface area contributed by atoms with Gasteiger partial charge in [0.25, 0.3) is 0 Å². The molecule has 0 aromatic heterocycles. The third-order valence-electron chi connectivity index (χ3n) is 3.17. The Morgan fingerprint density at radius 1 is 1.33 bits per heavy atom. The summed E-state index contributed by atoms with van der Waals surface area (Å²) in [5, 5.41) is 0. The lowest BCUT2D eigenvalue weighted by Gasteiger charge is -2.25. The molecule has 2 fully saturated rings. The summed E-state index contributed by atoms with van der Waals surface area (Å²) < 4.78 is 0. The van der Waals surface area contributed by atoms with Crippen LogP contribution < -0.4 is 0 Å². The van der Waals surface area contributed by atoms with Crippen molar-refractivity contribution < 1.29 is 0 Å². The second-order valence-corrected chi connectivity index (χ2v) is 3.80. The summed E-state index contributed by atoms with van der Waals surface area (Å²) >= 11 is 0. The minimum absolute atomic E-state index is 0.949. The first kappa shape index (κ1) is 5.72. The van der Waals surface area contributed by atoms with Gasteiger partial charge in [-0.1, -0.05) is 6.92 Å². The zero-order valence-electron chi connectivity index (χ0n) is 6.30. The Labute approximate surface area is 57.0 Å². The largest absolute Gasteiger partial charge is 0.303 e. The molecule has 1 saturated carbocycles. The maximum absolute atomic E-state index is 2.52. The highest BCUT2D eigenvalue weighted by molar-refractivity contribution is 4.93. The van der Waals surface area contributed by atoms with Crippen molar-refractivity contribution in [1.29, 1.82) is 0 Å². The Hall–Kier alpha value is -0.0400. The highest BCUT2D eigenvalue weighted by Gasteiger charge is 2.40. The lowest BCUT2D eigenvalue weighted by molar-refractivity contribution is 0.219. The van der Waals surface area contributed by atoms with Crippen molar-refractivity contribution in [3.8, 4) is 0 Å². The third-order valence-corrected chi connectivity index (χ3v) is 3.17. The molecule has 52 valence electrons. The zero-order valence-corrected chi connectivity index (χ0v) is 6.30. The van der Waals surface area contributed by atoms with E-state index in [4.69, 9.17) is 0 Å². The van der Waals surface area contributed by atoms with Crippen molar-refractivity contribution in [2.75, 3.05) is 13.6 Å². The van der Waals surface area contributed by atoms with Crippen molar-refractivity contribution in [2.24, 2.45) is 11.8 Å². The maximum Gasteiger partial charge on any atom is 0.00981 e. The lowest BCUT2D eigenvalue weighted by atomic mass is 9.97. The average molecular weight is 125 g/mol. The average Bonchev–Trinajstić information content (AvgIpc) is 2.24. The van der Waals surface area contributed by atoms with E-state index >= 15 is 0 Å². The van der Waals surface area contributed by atoms with Gasteiger partial charge in [-0.3, -0.25) is 0 Å². The number of fused-ring (bicyclic) bond motifs is 2. The smallest absolute Gasteiger partial charge is 0.00981 e. The van der Waals surface area contributed by atoms with Gasteiger partial charge in [0, 0.05) is 12.6 Å². The molecular weight excluding hydrogens is 110 g/mol. The van der Waals surface area contributed by atoms with Gasteiger partial charge in [-0.05, 0) is 31.7 Å². The van der Waals surface area contributed by atoms with E-state index in [0.717, 1.165) is 17.9 Å². The lowest BCUT2D eigenvalue weighted by Crippen LogP contribution is -2.30. The van der Waals surface area contributed by atoms with Gasteiger partial charge >= 0.3 is 0 Å². The van der Waals surface area contributed by atoms with Crippen LogP contribution >= 0.6 is 0 Å². The second-order valence-electron chi connectivity index (χ2n) is 3.80. The first-order valence-electron chi connectivity index (χ1n) is 3.97. The summed E-state index contributed by atoms with van der Waals surface area (Å²) in [7, 11) is 2.26. The minimum Gasteiger partial charge on any atom is -0.303 e. The van der Waals surface area contributed by atoms with Gasteiger partial charge in [0.1, 0.15) is 0 Å². The number of nitrogens with zero attached hydrogens (tertiary/aromatic N) is 1. The van der Waals surface area contributed by atoms with Crippen molar-refractivity contribution >= 4 is 0 Å². The van der Waals surface area contributed by atoms with Crippen molar-refractivity contribution in [1.82, 2.24) is 4.90 Å². The van der Waals surface area contributed by atoms with Gasteiger partial charge in [-0.2, -0.15) is 0 Å². The van der Waals surface area contributed by atoms with Crippen LogP contribution in [0.2, 0.25) is 0 Å². The summed E-state index contributed by atoms with van der Waals surface area (Å²) in [6, 6.07) is 0.949. The van der Waals surface area contributed by atoms with Crippen LogP contribution in [0.25, 0.3) is 0 Å². The molecule has 0 amide bonds.